The Kier molecular flexibility index (Phi) is 4.56. The van der Waals surface area contributed by atoms with Crippen LogP contribution in [0.3, 0.4) is 0 Å². The van der Waals surface area contributed by atoms with Crippen molar-refractivity contribution < 1.29 is 13.3 Å². The third-order valence-corrected chi connectivity index (χ3v) is 6.96. The Morgan fingerprint density at radius 1 is 1.26 bits per heavy atom. The first kappa shape index (κ1) is 17.9. The Labute approximate surface area is 156 Å². The molecule has 4 rings (SSSR count). The zero-order chi connectivity index (χ0) is 19.0. The molecular formula is C16H20N6O4S. The first-order valence-electron chi connectivity index (χ1n) is 8.87. The van der Waals surface area contributed by atoms with E-state index in [4.69, 9.17) is 0 Å². The zero-order valence-corrected chi connectivity index (χ0v) is 15.4. The maximum absolute atomic E-state index is 13.1. The molecule has 0 saturated carbocycles. The van der Waals surface area contributed by atoms with Gasteiger partial charge in [-0.05, 0) is 25.3 Å². The lowest BCUT2D eigenvalue weighted by Gasteiger charge is -2.26. The molecular weight excluding hydrogens is 372 g/mol. The van der Waals surface area contributed by atoms with E-state index in [1.165, 1.54) is 22.8 Å². The van der Waals surface area contributed by atoms with Gasteiger partial charge in [0.1, 0.15) is 17.0 Å². The molecule has 2 aliphatic rings. The number of hydrogen-bond donors (Lipinski definition) is 1. The van der Waals surface area contributed by atoms with Crippen molar-refractivity contribution in [1.82, 2.24) is 19.1 Å². The number of nitrogens with one attached hydrogen (secondary N) is 1. The predicted octanol–water partition coefficient (Wildman–Crippen LogP) is 1.40. The van der Waals surface area contributed by atoms with E-state index in [0.29, 0.717) is 25.3 Å². The maximum Gasteiger partial charge on any atom is 0.270 e. The van der Waals surface area contributed by atoms with Crippen LogP contribution in [0.5, 0.6) is 0 Å². The van der Waals surface area contributed by atoms with Crippen molar-refractivity contribution in [1.29, 1.82) is 0 Å². The third kappa shape index (κ3) is 3.39. The Balaban J connectivity index is 1.67. The van der Waals surface area contributed by atoms with Gasteiger partial charge in [-0.15, -0.1) is 0 Å². The van der Waals surface area contributed by atoms with Crippen molar-refractivity contribution in [3.05, 3.63) is 40.5 Å². The molecule has 144 valence electrons. The highest BCUT2D eigenvalue weighted by Gasteiger charge is 2.32. The average molecular weight is 392 g/mol. The summed E-state index contributed by atoms with van der Waals surface area (Å²) in [6.45, 7) is 1.45. The molecule has 3 heterocycles. The number of non-ortho nitro benzene ring substituents is 1. The normalized spacial score (nSPS) is 20.4. The predicted molar refractivity (Wildman–Crippen MR) is 96.8 cm³/mol. The van der Waals surface area contributed by atoms with Gasteiger partial charge in [-0.1, -0.05) is 0 Å². The Morgan fingerprint density at radius 3 is 2.78 bits per heavy atom. The van der Waals surface area contributed by atoms with Crippen molar-refractivity contribution in [3.63, 3.8) is 0 Å². The van der Waals surface area contributed by atoms with Gasteiger partial charge in [-0.2, -0.15) is 9.40 Å². The number of rotatable bonds is 5. The van der Waals surface area contributed by atoms with E-state index in [2.05, 4.69) is 15.4 Å². The minimum Gasteiger partial charge on any atom is -0.379 e. The second-order valence-corrected chi connectivity index (χ2v) is 8.69. The fraction of sp³-hybridized carbons (Fsp3) is 0.500. The van der Waals surface area contributed by atoms with Crippen molar-refractivity contribution >= 4 is 21.4 Å². The van der Waals surface area contributed by atoms with Crippen LogP contribution in [0.2, 0.25) is 0 Å². The molecule has 0 spiro atoms. The summed E-state index contributed by atoms with van der Waals surface area (Å²) in [5, 5.41) is 18.6. The number of nitro groups is 1. The number of nitrogens with zero attached hydrogens (tertiary/aromatic N) is 5. The smallest absolute Gasteiger partial charge is 0.270 e. The molecule has 0 aliphatic carbocycles. The monoisotopic (exact) mass is 392 g/mol. The van der Waals surface area contributed by atoms with E-state index >= 15 is 0 Å². The number of sulfonamides is 1. The molecule has 2 aromatic rings. The highest BCUT2D eigenvalue weighted by molar-refractivity contribution is 7.89. The molecule has 0 radical (unpaired) electrons. The summed E-state index contributed by atoms with van der Waals surface area (Å²) in [5.41, 5.74) is 0.154. The second kappa shape index (κ2) is 6.89. The van der Waals surface area contributed by atoms with E-state index in [9.17, 15) is 18.5 Å². The van der Waals surface area contributed by atoms with Crippen LogP contribution in [-0.4, -0.2) is 51.5 Å². The fourth-order valence-electron chi connectivity index (χ4n) is 3.60. The largest absolute Gasteiger partial charge is 0.379 e. The number of benzene rings is 1. The topological polar surface area (TPSA) is 123 Å². The highest BCUT2D eigenvalue weighted by Crippen LogP contribution is 2.32. The Morgan fingerprint density at radius 2 is 2.04 bits per heavy atom. The van der Waals surface area contributed by atoms with Crippen LogP contribution < -0.4 is 5.32 Å². The molecule has 0 bridgehead atoms. The van der Waals surface area contributed by atoms with Crippen LogP contribution in [-0.2, 0) is 23.0 Å². The summed E-state index contributed by atoms with van der Waals surface area (Å²) in [4.78, 5) is 14.7. The molecule has 11 heteroatoms. The van der Waals surface area contributed by atoms with Gasteiger partial charge < -0.3 is 5.32 Å². The van der Waals surface area contributed by atoms with E-state index < -0.39 is 14.9 Å². The van der Waals surface area contributed by atoms with Gasteiger partial charge in [-0.25, -0.2) is 18.1 Å². The van der Waals surface area contributed by atoms with Crippen molar-refractivity contribution in [2.75, 3.05) is 18.4 Å². The van der Waals surface area contributed by atoms with Gasteiger partial charge in [0, 0.05) is 37.7 Å². The van der Waals surface area contributed by atoms with Gasteiger partial charge >= 0.3 is 0 Å². The lowest BCUT2D eigenvalue weighted by atomic mass is 10.1. The highest BCUT2D eigenvalue weighted by atomic mass is 32.2. The summed E-state index contributed by atoms with van der Waals surface area (Å²) in [7, 11) is -3.79. The lowest BCUT2D eigenvalue weighted by molar-refractivity contribution is -0.385. The molecule has 1 aromatic carbocycles. The minimum atomic E-state index is -3.79. The van der Waals surface area contributed by atoms with Crippen LogP contribution in [0.4, 0.5) is 11.4 Å². The molecule has 1 unspecified atom stereocenters. The molecule has 1 N–H and O–H groups in total. The van der Waals surface area contributed by atoms with Crippen molar-refractivity contribution in [3.8, 4) is 0 Å². The number of aryl methyl sites for hydroxylation is 1. The number of hydrogen-bond acceptors (Lipinski definition) is 7. The summed E-state index contributed by atoms with van der Waals surface area (Å²) >= 11 is 0. The first-order valence-corrected chi connectivity index (χ1v) is 10.3. The Bertz CT molecular complexity index is 967. The molecule has 2 aliphatic heterocycles. The zero-order valence-electron chi connectivity index (χ0n) is 14.6. The van der Waals surface area contributed by atoms with E-state index in [1.807, 2.05) is 0 Å². The average Bonchev–Trinajstić information content (AvgIpc) is 3.33. The third-order valence-electron chi connectivity index (χ3n) is 5.02. The molecule has 10 nitrogen and oxygen atoms in total. The first-order chi connectivity index (χ1) is 12.9. The molecule has 1 atom stereocenters. The molecule has 1 aromatic heterocycles. The summed E-state index contributed by atoms with van der Waals surface area (Å²) < 4.78 is 29.3. The maximum atomic E-state index is 13.1. The second-order valence-electron chi connectivity index (χ2n) is 6.79. The van der Waals surface area contributed by atoms with Crippen molar-refractivity contribution in [2.24, 2.45) is 0 Å². The van der Waals surface area contributed by atoms with Gasteiger partial charge in [-0.3, -0.25) is 10.1 Å². The minimum absolute atomic E-state index is 0.0341. The van der Waals surface area contributed by atoms with Crippen LogP contribution in [0.15, 0.2) is 29.4 Å². The summed E-state index contributed by atoms with van der Waals surface area (Å²) in [6, 6.07) is 3.93. The van der Waals surface area contributed by atoms with Gasteiger partial charge in [0.15, 0.2) is 0 Å². The molecule has 1 saturated heterocycles. The molecule has 27 heavy (non-hydrogen) atoms. The van der Waals surface area contributed by atoms with Gasteiger partial charge in [0.05, 0.1) is 17.2 Å². The number of anilines is 1. The molecule has 0 amide bonds. The number of fused-ring (bicyclic) bond motifs is 1. The summed E-state index contributed by atoms with van der Waals surface area (Å²) in [5.74, 6) is 0.904. The molecule has 1 fully saturated rings. The van der Waals surface area contributed by atoms with Crippen LogP contribution >= 0.6 is 0 Å². The fourth-order valence-corrected chi connectivity index (χ4v) is 5.29. The van der Waals surface area contributed by atoms with E-state index in [0.717, 1.165) is 37.6 Å². The number of nitro benzene ring substituents is 1. The lowest BCUT2D eigenvalue weighted by Crippen LogP contribution is -2.33. The number of aromatic nitrogens is 3. The summed E-state index contributed by atoms with van der Waals surface area (Å²) in [6.07, 6.45) is 4.62. The van der Waals surface area contributed by atoms with Gasteiger partial charge in [0.25, 0.3) is 5.69 Å². The van der Waals surface area contributed by atoms with Gasteiger partial charge in [0.2, 0.25) is 10.0 Å². The van der Waals surface area contributed by atoms with Crippen LogP contribution in [0, 0.1) is 10.1 Å². The van der Waals surface area contributed by atoms with E-state index in [1.54, 1.807) is 4.68 Å². The SMILES string of the molecule is O=[N+]([O-])c1ccc(NC2CCc3ncnn3C2)c(S(=O)(=O)N2CCCC2)c1. The van der Waals surface area contributed by atoms with Crippen LogP contribution in [0.25, 0.3) is 0 Å². The van der Waals surface area contributed by atoms with Crippen molar-refractivity contribution in [2.45, 2.75) is 43.2 Å². The van der Waals surface area contributed by atoms with Crippen LogP contribution in [0.1, 0.15) is 25.1 Å². The quantitative estimate of drug-likeness (QED) is 0.602. The Hall–Kier alpha value is -2.53. The standard InChI is InChI=1S/C16H20N6O4S/c23-22(24)13-4-5-14(15(9-13)27(25,26)20-7-1-2-8-20)19-12-3-6-16-17-11-18-21(16)10-12/h4-5,9,11-12,19H,1-3,6-8,10H2. The van der Waals surface area contributed by atoms with E-state index in [-0.39, 0.29) is 16.6 Å².